The Balaban J connectivity index is 1.88. The number of carbonyl (C=O) groups excluding carboxylic acids is 2. The van der Waals surface area contributed by atoms with Gasteiger partial charge in [0.25, 0.3) is 0 Å². The normalized spacial score (nSPS) is 23.3. The van der Waals surface area contributed by atoms with Crippen LogP contribution in [0.25, 0.3) is 0 Å². The van der Waals surface area contributed by atoms with Gasteiger partial charge >= 0.3 is 0 Å². The van der Waals surface area contributed by atoms with Gasteiger partial charge in [-0.25, -0.2) is 0 Å². The molecule has 0 heterocycles. The summed E-state index contributed by atoms with van der Waals surface area (Å²) in [6.07, 6.45) is 7.94. The predicted octanol–water partition coefficient (Wildman–Crippen LogP) is 4.58. The van der Waals surface area contributed by atoms with Crippen molar-refractivity contribution in [2.45, 2.75) is 70.8 Å². The first kappa shape index (κ1) is 18.9. The Morgan fingerprint density at radius 1 is 1.00 bits per heavy atom. The van der Waals surface area contributed by atoms with Crippen LogP contribution in [0, 0.1) is 11.8 Å². The van der Waals surface area contributed by atoms with E-state index in [9.17, 15) is 14.7 Å². The standard InChI is InChI=1S/C21H30O3/c1-2-3-4-5-6-10-13-18(22)17-14-15-19(23)20(17)21(24)16-11-8-7-9-12-16/h7-9,11-12,17,19-20,23H,2-6,10,13-15H2,1H3/t17-,19+,20-/m0/s1. The largest absolute Gasteiger partial charge is 0.392 e. The van der Waals surface area contributed by atoms with Crippen molar-refractivity contribution in [3.8, 4) is 0 Å². The van der Waals surface area contributed by atoms with Crippen molar-refractivity contribution in [2.24, 2.45) is 11.8 Å². The molecule has 1 aliphatic carbocycles. The van der Waals surface area contributed by atoms with Gasteiger partial charge in [-0.1, -0.05) is 69.4 Å². The van der Waals surface area contributed by atoms with Gasteiger partial charge < -0.3 is 5.11 Å². The quantitative estimate of drug-likeness (QED) is 0.505. The van der Waals surface area contributed by atoms with Crippen molar-refractivity contribution in [2.75, 3.05) is 0 Å². The molecule has 24 heavy (non-hydrogen) atoms. The van der Waals surface area contributed by atoms with Crippen LogP contribution in [0.2, 0.25) is 0 Å². The van der Waals surface area contributed by atoms with E-state index in [1.54, 1.807) is 12.1 Å². The van der Waals surface area contributed by atoms with Crippen molar-refractivity contribution in [3.05, 3.63) is 35.9 Å². The van der Waals surface area contributed by atoms with Crippen molar-refractivity contribution >= 4 is 11.6 Å². The summed E-state index contributed by atoms with van der Waals surface area (Å²) >= 11 is 0. The summed E-state index contributed by atoms with van der Waals surface area (Å²) in [6, 6.07) is 9.04. The summed E-state index contributed by atoms with van der Waals surface area (Å²) in [7, 11) is 0. The number of aliphatic hydroxyl groups excluding tert-OH is 1. The fraction of sp³-hybridized carbons (Fsp3) is 0.619. The minimum Gasteiger partial charge on any atom is -0.392 e. The number of Topliss-reactive ketones (excluding diaryl/α,β-unsaturated/α-hetero) is 2. The second-order valence-electron chi connectivity index (χ2n) is 6.99. The van der Waals surface area contributed by atoms with Crippen LogP contribution < -0.4 is 0 Å². The van der Waals surface area contributed by atoms with Crippen LogP contribution in [0.5, 0.6) is 0 Å². The van der Waals surface area contributed by atoms with Gasteiger partial charge in [0.2, 0.25) is 0 Å². The summed E-state index contributed by atoms with van der Waals surface area (Å²) in [5.41, 5.74) is 0.598. The molecule has 3 nitrogen and oxygen atoms in total. The van der Waals surface area contributed by atoms with Crippen LogP contribution in [0.15, 0.2) is 30.3 Å². The summed E-state index contributed by atoms with van der Waals surface area (Å²) in [5, 5.41) is 10.2. The molecule has 0 bridgehead atoms. The predicted molar refractivity (Wildman–Crippen MR) is 96.0 cm³/mol. The molecular formula is C21H30O3. The number of ketones is 2. The maximum Gasteiger partial charge on any atom is 0.169 e. The molecule has 0 amide bonds. The maximum atomic E-state index is 12.7. The molecule has 1 aromatic rings. The first-order valence-corrected chi connectivity index (χ1v) is 9.45. The maximum absolute atomic E-state index is 12.7. The number of rotatable bonds is 10. The Bertz CT molecular complexity index is 523. The van der Waals surface area contributed by atoms with Crippen LogP contribution in [0.4, 0.5) is 0 Å². The van der Waals surface area contributed by atoms with E-state index in [1.165, 1.54) is 25.7 Å². The molecule has 2 rings (SSSR count). The SMILES string of the molecule is CCCCCCCCC(=O)[C@@H]1CC[C@@H](O)[C@H]1C(=O)c1ccccc1. The molecule has 1 aliphatic rings. The Hall–Kier alpha value is -1.48. The molecule has 0 unspecified atom stereocenters. The number of benzene rings is 1. The van der Waals surface area contributed by atoms with Gasteiger partial charge in [0.15, 0.2) is 5.78 Å². The minimum atomic E-state index is -0.684. The van der Waals surface area contributed by atoms with Crippen LogP contribution >= 0.6 is 0 Å². The van der Waals surface area contributed by atoms with E-state index < -0.39 is 12.0 Å². The van der Waals surface area contributed by atoms with Crippen LogP contribution in [-0.4, -0.2) is 22.8 Å². The third-order valence-corrected chi connectivity index (χ3v) is 5.17. The second-order valence-corrected chi connectivity index (χ2v) is 6.99. The highest BCUT2D eigenvalue weighted by Gasteiger charge is 2.43. The molecule has 1 saturated carbocycles. The lowest BCUT2D eigenvalue weighted by molar-refractivity contribution is -0.124. The summed E-state index contributed by atoms with van der Waals surface area (Å²) in [5.74, 6) is -0.776. The number of unbranched alkanes of at least 4 members (excludes halogenated alkanes) is 5. The van der Waals surface area contributed by atoms with E-state index in [2.05, 4.69) is 6.92 Å². The van der Waals surface area contributed by atoms with Crippen molar-refractivity contribution in [1.82, 2.24) is 0 Å². The monoisotopic (exact) mass is 330 g/mol. The molecular weight excluding hydrogens is 300 g/mol. The first-order valence-electron chi connectivity index (χ1n) is 9.45. The Morgan fingerprint density at radius 2 is 1.67 bits per heavy atom. The van der Waals surface area contributed by atoms with E-state index in [0.717, 1.165) is 12.8 Å². The van der Waals surface area contributed by atoms with E-state index >= 15 is 0 Å². The van der Waals surface area contributed by atoms with Gasteiger partial charge in [0.05, 0.1) is 12.0 Å². The Morgan fingerprint density at radius 3 is 2.38 bits per heavy atom. The number of aliphatic hydroxyl groups is 1. The van der Waals surface area contributed by atoms with Crippen LogP contribution in [0.1, 0.15) is 75.1 Å². The highest BCUT2D eigenvalue weighted by Crippen LogP contribution is 2.36. The van der Waals surface area contributed by atoms with Gasteiger partial charge in [0, 0.05) is 17.9 Å². The Kier molecular flexibility index (Phi) is 7.64. The number of carbonyl (C=O) groups is 2. The van der Waals surface area contributed by atoms with Crippen molar-refractivity contribution < 1.29 is 14.7 Å². The zero-order chi connectivity index (χ0) is 17.4. The highest BCUT2D eigenvalue weighted by molar-refractivity contribution is 6.01. The fourth-order valence-corrected chi connectivity index (χ4v) is 3.76. The fourth-order valence-electron chi connectivity index (χ4n) is 3.76. The average molecular weight is 330 g/mol. The molecule has 1 fully saturated rings. The highest BCUT2D eigenvalue weighted by atomic mass is 16.3. The molecule has 3 heteroatoms. The molecule has 1 aromatic carbocycles. The lowest BCUT2D eigenvalue weighted by Gasteiger charge is -2.20. The van der Waals surface area contributed by atoms with Gasteiger partial charge in [-0.05, 0) is 19.3 Å². The molecule has 0 radical (unpaired) electrons. The lowest BCUT2D eigenvalue weighted by atomic mass is 9.83. The molecule has 0 saturated heterocycles. The third kappa shape index (κ3) is 5.01. The smallest absolute Gasteiger partial charge is 0.169 e. The molecule has 0 spiro atoms. The van der Waals surface area contributed by atoms with Crippen molar-refractivity contribution in [1.29, 1.82) is 0 Å². The summed E-state index contributed by atoms with van der Waals surface area (Å²) in [6.45, 7) is 2.19. The van der Waals surface area contributed by atoms with Gasteiger partial charge in [-0.3, -0.25) is 9.59 Å². The number of hydrogen-bond donors (Lipinski definition) is 1. The third-order valence-electron chi connectivity index (χ3n) is 5.17. The Labute approximate surface area is 145 Å². The van der Waals surface area contributed by atoms with E-state index in [4.69, 9.17) is 0 Å². The number of hydrogen-bond acceptors (Lipinski definition) is 3. The van der Waals surface area contributed by atoms with E-state index in [0.29, 0.717) is 24.8 Å². The minimum absolute atomic E-state index is 0.0816. The summed E-state index contributed by atoms with van der Waals surface area (Å²) < 4.78 is 0. The zero-order valence-electron chi connectivity index (χ0n) is 14.7. The van der Waals surface area contributed by atoms with E-state index in [1.807, 2.05) is 18.2 Å². The molecule has 0 aromatic heterocycles. The average Bonchev–Trinajstić information content (AvgIpc) is 2.99. The molecule has 0 aliphatic heterocycles. The van der Waals surface area contributed by atoms with Crippen molar-refractivity contribution in [3.63, 3.8) is 0 Å². The topological polar surface area (TPSA) is 54.4 Å². The zero-order valence-corrected chi connectivity index (χ0v) is 14.7. The van der Waals surface area contributed by atoms with Crippen LogP contribution in [-0.2, 0) is 4.79 Å². The second kappa shape index (κ2) is 9.73. The van der Waals surface area contributed by atoms with E-state index in [-0.39, 0.29) is 17.5 Å². The van der Waals surface area contributed by atoms with Crippen LogP contribution in [0.3, 0.4) is 0 Å². The van der Waals surface area contributed by atoms with Gasteiger partial charge in [0.1, 0.15) is 5.78 Å². The molecule has 132 valence electrons. The molecule has 1 N–H and O–H groups in total. The van der Waals surface area contributed by atoms with Gasteiger partial charge in [-0.15, -0.1) is 0 Å². The summed E-state index contributed by atoms with van der Waals surface area (Å²) in [4.78, 5) is 25.3. The molecule has 3 atom stereocenters. The van der Waals surface area contributed by atoms with Gasteiger partial charge in [-0.2, -0.15) is 0 Å². The lowest BCUT2D eigenvalue weighted by Crippen LogP contribution is -2.32. The first-order chi connectivity index (χ1) is 11.6.